The van der Waals surface area contributed by atoms with Gasteiger partial charge in [-0.25, -0.2) is 19.9 Å². The van der Waals surface area contributed by atoms with Crippen LogP contribution in [0, 0.1) is 13.8 Å². The Bertz CT molecular complexity index is 1310. The number of hydrogen-bond acceptors (Lipinski definition) is 7. The van der Waals surface area contributed by atoms with E-state index in [2.05, 4.69) is 48.8 Å². The molecule has 0 unspecified atom stereocenters. The first kappa shape index (κ1) is 18.3. The number of nitrogens with zero attached hydrogens (tertiary/aromatic N) is 6. The Morgan fingerprint density at radius 3 is 2.70 bits per heavy atom. The molecule has 9 nitrogen and oxygen atoms in total. The van der Waals surface area contributed by atoms with Crippen LogP contribution >= 0.6 is 0 Å². The second kappa shape index (κ2) is 6.94. The molecule has 9 heteroatoms. The van der Waals surface area contributed by atoms with Crippen molar-refractivity contribution in [2.45, 2.75) is 40.3 Å². The number of benzene rings is 1. The highest BCUT2D eigenvalue weighted by molar-refractivity contribution is 5.87. The molecule has 0 saturated carbocycles. The predicted molar refractivity (Wildman–Crippen MR) is 114 cm³/mol. The van der Waals surface area contributed by atoms with Gasteiger partial charge in [0, 0.05) is 6.04 Å². The monoisotopic (exact) mass is 402 g/mol. The minimum atomic E-state index is 0.150. The van der Waals surface area contributed by atoms with Gasteiger partial charge in [-0.3, -0.25) is 0 Å². The average Bonchev–Trinajstić information content (AvgIpc) is 3.40. The molecule has 30 heavy (non-hydrogen) atoms. The second-order valence-corrected chi connectivity index (χ2v) is 7.55. The van der Waals surface area contributed by atoms with Crippen LogP contribution in [0.4, 0.5) is 5.82 Å². The van der Waals surface area contributed by atoms with Gasteiger partial charge in [-0.1, -0.05) is 17.3 Å². The maximum atomic E-state index is 5.38. The molecule has 152 valence electrons. The zero-order valence-corrected chi connectivity index (χ0v) is 17.3. The SMILES string of the molecule is Cc1noc(C)c1-c1nc2c(NCc3nc4ccccc4[nH]3)ncnc2n1C(C)C. The van der Waals surface area contributed by atoms with Crippen LogP contribution in [0.1, 0.15) is 37.2 Å². The fraction of sp³-hybridized carbons (Fsp3) is 0.286. The van der Waals surface area contributed by atoms with Crippen LogP contribution in [0.3, 0.4) is 0 Å². The van der Waals surface area contributed by atoms with Crippen molar-refractivity contribution >= 4 is 28.0 Å². The number of hydrogen-bond donors (Lipinski definition) is 2. The highest BCUT2D eigenvalue weighted by atomic mass is 16.5. The lowest BCUT2D eigenvalue weighted by molar-refractivity contribution is 0.393. The molecule has 0 atom stereocenters. The van der Waals surface area contributed by atoms with Crippen molar-refractivity contribution in [1.82, 2.24) is 34.6 Å². The van der Waals surface area contributed by atoms with Gasteiger partial charge < -0.3 is 19.4 Å². The van der Waals surface area contributed by atoms with Crippen LogP contribution in [0.2, 0.25) is 0 Å². The van der Waals surface area contributed by atoms with E-state index in [4.69, 9.17) is 9.51 Å². The number of H-pyrrole nitrogens is 1. The molecule has 0 saturated heterocycles. The fourth-order valence-corrected chi connectivity index (χ4v) is 3.76. The number of anilines is 1. The van der Waals surface area contributed by atoms with Crippen LogP contribution in [0.25, 0.3) is 33.6 Å². The lowest BCUT2D eigenvalue weighted by atomic mass is 10.2. The van der Waals surface area contributed by atoms with Crippen molar-refractivity contribution in [1.29, 1.82) is 0 Å². The Hall–Kier alpha value is -3.75. The van der Waals surface area contributed by atoms with E-state index in [1.165, 1.54) is 0 Å². The summed E-state index contributed by atoms with van der Waals surface area (Å²) >= 11 is 0. The average molecular weight is 402 g/mol. The molecule has 0 radical (unpaired) electrons. The maximum absolute atomic E-state index is 5.38. The summed E-state index contributed by atoms with van der Waals surface area (Å²) in [6, 6.07) is 8.11. The summed E-state index contributed by atoms with van der Waals surface area (Å²) in [6.45, 7) is 8.52. The molecule has 4 heterocycles. The van der Waals surface area contributed by atoms with E-state index in [1.807, 2.05) is 38.1 Å². The minimum Gasteiger partial charge on any atom is -0.361 e. The Kier molecular flexibility index (Phi) is 4.23. The Morgan fingerprint density at radius 2 is 1.97 bits per heavy atom. The first-order chi connectivity index (χ1) is 14.5. The summed E-state index contributed by atoms with van der Waals surface area (Å²) in [5, 5.41) is 7.45. The highest BCUT2D eigenvalue weighted by Gasteiger charge is 2.23. The minimum absolute atomic E-state index is 0.150. The summed E-state index contributed by atoms with van der Waals surface area (Å²) in [7, 11) is 0. The number of aromatic amines is 1. The summed E-state index contributed by atoms with van der Waals surface area (Å²) in [4.78, 5) is 21.8. The van der Waals surface area contributed by atoms with Crippen molar-refractivity contribution in [2.75, 3.05) is 5.32 Å². The van der Waals surface area contributed by atoms with Crippen molar-refractivity contribution in [3.8, 4) is 11.4 Å². The van der Waals surface area contributed by atoms with Crippen LogP contribution in [0.15, 0.2) is 35.1 Å². The van der Waals surface area contributed by atoms with E-state index < -0.39 is 0 Å². The fourth-order valence-electron chi connectivity index (χ4n) is 3.76. The van der Waals surface area contributed by atoms with Crippen molar-refractivity contribution < 1.29 is 4.52 Å². The van der Waals surface area contributed by atoms with Gasteiger partial charge in [0.15, 0.2) is 17.0 Å². The van der Waals surface area contributed by atoms with Gasteiger partial charge in [-0.2, -0.15) is 0 Å². The molecule has 1 aromatic carbocycles. The van der Waals surface area contributed by atoms with Crippen molar-refractivity contribution in [3.63, 3.8) is 0 Å². The zero-order valence-electron chi connectivity index (χ0n) is 17.3. The third-order valence-corrected chi connectivity index (χ3v) is 5.11. The van der Waals surface area contributed by atoms with E-state index in [0.29, 0.717) is 17.9 Å². The number of aryl methyl sites for hydroxylation is 2. The molecule has 0 amide bonds. The van der Waals surface area contributed by atoms with Crippen molar-refractivity contribution in [3.05, 3.63) is 47.9 Å². The van der Waals surface area contributed by atoms with Crippen molar-refractivity contribution in [2.24, 2.45) is 0 Å². The number of aromatic nitrogens is 7. The third kappa shape index (κ3) is 2.90. The Morgan fingerprint density at radius 1 is 1.13 bits per heavy atom. The van der Waals surface area contributed by atoms with E-state index in [1.54, 1.807) is 6.33 Å². The van der Waals surface area contributed by atoms with Gasteiger partial charge >= 0.3 is 0 Å². The summed E-state index contributed by atoms with van der Waals surface area (Å²) in [6.07, 6.45) is 1.56. The lowest BCUT2D eigenvalue weighted by Crippen LogP contribution is -2.06. The molecular formula is C21H22N8O. The van der Waals surface area contributed by atoms with Gasteiger partial charge in [-0.15, -0.1) is 0 Å². The smallest absolute Gasteiger partial charge is 0.166 e. The Labute approximate surface area is 172 Å². The highest BCUT2D eigenvalue weighted by Crippen LogP contribution is 2.33. The van der Waals surface area contributed by atoms with Crippen LogP contribution in [-0.4, -0.2) is 34.6 Å². The normalized spacial score (nSPS) is 11.8. The molecule has 0 aliphatic rings. The van der Waals surface area contributed by atoms with Gasteiger partial charge in [-0.05, 0) is 39.8 Å². The largest absolute Gasteiger partial charge is 0.361 e. The topological polar surface area (TPSA) is 110 Å². The molecule has 0 spiro atoms. The molecule has 0 aliphatic heterocycles. The molecular weight excluding hydrogens is 380 g/mol. The van der Waals surface area contributed by atoms with E-state index in [0.717, 1.165) is 45.3 Å². The standard InChI is InChI=1S/C21H22N8O/c1-11(2)29-20(17-12(3)28-30-13(17)4)27-18-19(23-10-24-21(18)29)22-9-16-25-14-7-5-6-8-15(14)26-16/h5-8,10-11H,9H2,1-4H3,(H,25,26)(H,22,23,24). The van der Waals surface area contributed by atoms with Crippen LogP contribution < -0.4 is 5.32 Å². The molecule has 0 fully saturated rings. The third-order valence-electron chi connectivity index (χ3n) is 5.11. The number of para-hydroxylation sites is 2. The van der Waals surface area contributed by atoms with E-state index >= 15 is 0 Å². The van der Waals surface area contributed by atoms with Gasteiger partial charge in [0.2, 0.25) is 0 Å². The second-order valence-electron chi connectivity index (χ2n) is 7.55. The van der Waals surface area contributed by atoms with E-state index in [-0.39, 0.29) is 6.04 Å². The number of imidazole rings is 2. The summed E-state index contributed by atoms with van der Waals surface area (Å²) < 4.78 is 7.47. The molecule has 2 N–H and O–H groups in total. The quantitative estimate of drug-likeness (QED) is 0.454. The molecule has 5 aromatic rings. The number of nitrogens with one attached hydrogen (secondary N) is 2. The lowest BCUT2D eigenvalue weighted by Gasteiger charge is -2.12. The first-order valence-corrected chi connectivity index (χ1v) is 9.86. The molecule has 0 bridgehead atoms. The molecule has 0 aliphatic carbocycles. The molecule has 4 aromatic heterocycles. The van der Waals surface area contributed by atoms with Crippen LogP contribution in [-0.2, 0) is 6.54 Å². The van der Waals surface area contributed by atoms with Gasteiger partial charge in [0.25, 0.3) is 0 Å². The maximum Gasteiger partial charge on any atom is 0.166 e. The number of fused-ring (bicyclic) bond motifs is 2. The summed E-state index contributed by atoms with van der Waals surface area (Å²) in [5.74, 6) is 3.00. The van der Waals surface area contributed by atoms with Gasteiger partial charge in [0.05, 0.1) is 28.8 Å². The van der Waals surface area contributed by atoms with Crippen LogP contribution in [0.5, 0.6) is 0 Å². The molecule has 5 rings (SSSR count). The van der Waals surface area contributed by atoms with E-state index in [9.17, 15) is 0 Å². The summed E-state index contributed by atoms with van der Waals surface area (Å²) in [5.41, 5.74) is 5.11. The van der Waals surface area contributed by atoms with Gasteiger partial charge in [0.1, 0.15) is 23.7 Å². The first-order valence-electron chi connectivity index (χ1n) is 9.86. The number of rotatable bonds is 5. The Balaban J connectivity index is 1.57. The predicted octanol–water partition coefficient (Wildman–Crippen LogP) is 4.17. The zero-order chi connectivity index (χ0) is 20.8.